The van der Waals surface area contributed by atoms with E-state index in [0.29, 0.717) is 5.25 Å². The van der Waals surface area contributed by atoms with E-state index >= 15 is 0 Å². The van der Waals surface area contributed by atoms with Crippen molar-refractivity contribution in [2.75, 3.05) is 0 Å². The van der Waals surface area contributed by atoms with Crippen LogP contribution >= 0.6 is 27.7 Å². The van der Waals surface area contributed by atoms with Gasteiger partial charge in [-0.05, 0) is 53.2 Å². The third kappa shape index (κ3) is 3.97. The maximum atomic E-state index is 9.33. The summed E-state index contributed by atoms with van der Waals surface area (Å²) in [5, 5.41) is 10.7. The summed E-state index contributed by atoms with van der Waals surface area (Å²) in [5.41, 5.74) is 0. The van der Waals surface area contributed by atoms with Crippen molar-refractivity contribution in [3.05, 3.63) is 22.8 Å². The molecule has 0 bridgehead atoms. The Morgan fingerprint density at radius 3 is 3.05 bits per heavy atom. The molecule has 1 aromatic rings. The Kier molecular flexibility index (Phi) is 5.72. The molecule has 4 heteroatoms. The smallest absolute Gasteiger partial charge is 0.110 e. The number of pyridine rings is 1. The van der Waals surface area contributed by atoms with Crippen LogP contribution < -0.4 is 0 Å². The molecule has 3 atom stereocenters. The number of hydrogen-bond donors (Lipinski definition) is 0. The number of hydrogen-bond acceptors (Lipinski definition) is 3. The second-order valence-corrected chi connectivity index (χ2v) is 7.23. The molecule has 0 saturated heterocycles. The minimum absolute atomic E-state index is 0.173. The molecule has 0 amide bonds. The number of rotatable bonds is 4. The van der Waals surface area contributed by atoms with Crippen molar-refractivity contribution in [2.45, 2.75) is 49.3 Å². The highest BCUT2D eigenvalue weighted by Gasteiger charge is 2.31. The first-order valence-corrected chi connectivity index (χ1v) is 8.58. The zero-order valence-corrected chi connectivity index (χ0v) is 13.6. The van der Waals surface area contributed by atoms with Gasteiger partial charge in [0.05, 0.1) is 12.0 Å². The van der Waals surface area contributed by atoms with E-state index < -0.39 is 0 Å². The van der Waals surface area contributed by atoms with Gasteiger partial charge in [-0.3, -0.25) is 0 Å². The quantitative estimate of drug-likeness (QED) is 0.771. The first-order valence-electron chi connectivity index (χ1n) is 6.91. The second kappa shape index (κ2) is 7.31. The van der Waals surface area contributed by atoms with Crippen LogP contribution in [0.15, 0.2) is 27.8 Å². The largest absolute Gasteiger partial charge is 0.249 e. The molecule has 102 valence electrons. The summed E-state index contributed by atoms with van der Waals surface area (Å²) in [6.07, 6.45) is 7.77. The molecule has 2 nitrogen and oxygen atoms in total. The van der Waals surface area contributed by atoms with Crippen LogP contribution in [0.5, 0.6) is 0 Å². The summed E-state index contributed by atoms with van der Waals surface area (Å²) >= 11 is 5.32. The van der Waals surface area contributed by atoms with Crippen molar-refractivity contribution in [1.29, 1.82) is 5.26 Å². The fourth-order valence-electron chi connectivity index (χ4n) is 2.76. The molecule has 3 unspecified atom stereocenters. The van der Waals surface area contributed by atoms with E-state index in [2.05, 4.69) is 33.9 Å². The molecule has 1 aromatic heterocycles. The lowest BCUT2D eigenvalue weighted by Crippen LogP contribution is -2.26. The summed E-state index contributed by atoms with van der Waals surface area (Å²) in [4.78, 5) is 4.42. The molecule has 1 aliphatic rings. The van der Waals surface area contributed by atoms with Crippen LogP contribution in [0.2, 0.25) is 0 Å². The highest BCUT2D eigenvalue weighted by atomic mass is 79.9. The molecule has 0 aromatic carbocycles. The van der Waals surface area contributed by atoms with Gasteiger partial charge in [-0.1, -0.05) is 19.8 Å². The van der Waals surface area contributed by atoms with Crippen molar-refractivity contribution in [3.8, 4) is 6.07 Å². The molecule has 0 aliphatic heterocycles. The zero-order chi connectivity index (χ0) is 13.7. The summed E-state index contributed by atoms with van der Waals surface area (Å²) in [7, 11) is 0. The van der Waals surface area contributed by atoms with E-state index in [1.54, 1.807) is 11.8 Å². The van der Waals surface area contributed by atoms with Crippen LogP contribution in [-0.4, -0.2) is 10.2 Å². The Balaban J connectivity index is 2.07. The van der Waals surface area contributed by atoms with Gasteiger partial charge in [-0.2, -0.15) is 5.26 Å². The van der Waals surface area contributed by atoms with E-state index in [0.717, 1.165) is 28.3 Å². The summed E-state index contributed by atoms with van der Waals surface area (Å²) < 4.78 is 1.04. The summed E-state index contributed by atoms with van der Waals surface area (Å²) in [6.45, 7) is 2.24. The lowest BCUT2D eigenvalue weighted by molar-refractivity contribution is 0.306. The average molecular weight is 339 g/mol. The Labute approximate surface area is 128 Å². The van der Waals surface area contributed by atoms with Crippen molar-refractivity contribution in [3.63, 3.8) is 0 Å². The van der Waals surface area contributed by atoms with Crippen molar-refractivity contribution in [1.82, 2.24) is 4.98 Å². The second-order valence-electron chi connectivity index (χ2n) is 5.15. The lowest BCUT2D eigenvalue weighted by atomic mass is 9.80. The van der Waals surface area contributed by atoms with E-state index in [9.17, 15) is 5.26 Å². The van der Waals surface area contributed by atoms with E-state index in [1.165, 1.54) is 19.3 Å². The van der Waals surface area contributed by atoms with Crippen molar-refractivity contribution >= 4 is 27.7 Å². The standard InChI is InChI=1S/C15H19BrN2S/c1-2-4-11-6-7-12(10-17)14(9-11)19-15-13(16)5-3-8-18-15/h3,5,8,11-12,14H,2,4,6-7,9H2,1H3. The Morgan fingerprint density at radius 1 is 1.53 bits per heavy atom. The monoisotopic (exact) mass is 338 g/mol. The van der Waals surface area contributed by atoms with Crippen LogP contribution in [0, 0.1) is 23.2 Å². The van der Waals surface area contributed by atoms with E-state index in [-0.39, 0.29) is 5.92 Å². The first-order chi connectivity index (χ1) is 9.24. The SMILES string of the molecule is CCCC1CCC(C#N)C(Sc2ncccc2Br)C1. The van der Waals surface area contributed by atoms with Crippen molar-refractivity contribution < 1.29 is 0 Å². The van der Waals surface area contributed by atoms with Gasteiger partial charge in [0.15, 0.2) is 0 Å². The minimum Gasteiger partial charge on any atom is -0.249 e. The van der Waals surface area contributed by atoms with Gasteiger partial charge < -0.3 is 0 Å². The van der Waals surface area contributed by atoms with E-state index in [1.807, 2.05) is 18.3 Å². The maximum absolute atomic E-state index is 9.33. The molecule has 1 fully saturated rings. The molecule has 1 aliphatic carbocycles. The molecule has 0 radical (unpaired) electrons. The van der Waals surface area contributed by atoms with Crippen LogP contribution in [0.3, 0.4) is 0 Å². The van der Waals surface area contributed by atoms with Crippen LogP contribution in [0.25, 0.3) is 0 Å². The highest BCUT2D eigenvalue weighted by Crippen LogP contribution is 2.42. The maximum Gasteiger partial charge on any atom is 0.110 e. The summed E-state index contributed by atoms with van der Waals surface area (Å²) in [6, 6.07) is 6.44. The number of nitriles is 1. The topological polar surface area (TPSA) is 36.7 Å². The van der Waals surface area contributed by atoms with Gasteiger partial charge in [0, 0.05) is 15.9 Å². The highest BCUT2D eigenvalue weighted by molar-refractivity contribution is 9.10. The number of halogens is 1. The van der Waals surface area contributed by atoms with Gasteiger partial charge >= 0.3 is 0 Å². The van der Waals surface area contributed by atoms with Crippen molar-refractivity contribution in [2.24, 2.45) is 11.8 Å². The van der Waals surface area contributed by atoms with Gasteiger partial charge in [0.2, 0.25) is 0 Å². The first kappa shape index (κ1) is 14.9. The molecule has 0 N–H and O–H groups in total. The average Bonchev–Trinajstić information content (AvgIpc) is 2.42. The van der Waals surface area contributed by atoms with Crippen LogP contribution in [-0.2, 0) is 0 Å². The number of aromatic nitrogens is 1. The zero-order valence-electron chi connectivity index (χ0n) is 11.2. The molecule has 2 rings (SSSR count). The Morgan fingerprint density at radius 2 is 2.37 bits per heavy atom. The molecular weight excluding hydrogens is 320 g/mol. The third-order valence-corrected chi connectivity index (χ3v) is 6.03. The molecular formula is C15H19BrN2S. The molecule has 1 heterocycles. The van der Waals surface area contributed by atoms with Gasteiger partial charge in [-0.25, -0.2) is 4.98 Å². The lowest BCUT2D eigenvalue weighted by Gasteiger charge is -2.32. The molecule has 0 spiro atoms. The van der Waals surface area contributed by atoms with Gasteiger partial charge in [0.25, 0.3) is 0 Å². The molecule has 19 heavy (non-hydrogen) atoms. The van der Waals surface area contributed by atoms with E-state index in [4.69, 9.17) is 0 Å². The fraction of sp³-hybridized carbons (Fsp3) is 0.600. The van der Waals surface area contributed by atoms with Gasteiger partial charge in [-0.15, -0.1) is 11.8 Å². The third-order valence-electron chi connectivity index (χ3n) is 3.75. The van der Waals surface area contributed by atoms with Crippen LogP contribution in [0.1, 0.15) is 39.0 Å². The Hall–Kier alpha value is -0.530. The van der Waals surface area contributed by atoms with Gasteiger partial charge in [0.1, 0.15) is 5.03 Å². The number of thioether (sulfide) groups is 1. The normalized spacial score (nSPS) is 26.9. The number of nitrogens with zero attached hydrogens (tertiary/aromatic N) is 2. The summed E-state index contributed by atoms with van der Waals surface area (Å²) in [5.74, 6) is 0.960. The fourth-order valence-corrected chi connectivity index (χ4v) is 4.62. The van der Waals surface area contributed by atoms with Crippen LogP contribution in [0.4, 0.5) is 0 Å². The minimum atomic E-state index is 0.173. The predicted octanol–water partition coefficient (Wildman–Crippen LogP) is 5.04. The molecule has 1 saturated carbocycles. The predicted molar refractivity (Wildman–Crippen MR) is 82.9 cm³/mol. The Bertz CT molecular complexity index is 458.